The number of hydrogen-bond acceptors (Lipinski definition) is 4. The predicted molar refractivity (Wildman–Crippen MR) is 51.1 cm³/mol. The van der Waals surface area contributed by atoms with Gasteiger partial charge in [0.25, 0.3) is 5.91 Å². The van der Waals surface area contributed by atoms with Crippen molar-refractivity contribution in [2.75, 3.05) is 6.61 Å². The molecule has 0 aliphatic carbocycles. The lowest BCUT2D eigenvalue weighted by Gasteiger charge is -2.21. The van der Waals surface area contributed by atoms with Crippen LogP contribution in [0, 0.1) is 0 Å². The predicted octanol–water partition coefficient (Wildman–Crippen LogP) is 0.486. The molecule has 0 unspecified atom stereocenters. The van der Waals surface area contributed by atoms with E-state index >= 15 is 0 Å². The van der Waals surface area contributed by atoms with Gasteiger partial charge in [0.15, 0.2) is 0 Å². The number of ether oxygens (including phenoxy) is 1. The summed E-state index contributed by atoms with van der Waals surface area (Å²) in [5, 5.41) is 0. The highest BCUT2D eigenvalue weighted by Crippen LogP contribution is 2.12. The largest absolute Gasteiger partial charge is 0.477 e. The highest BCUT2D eigenvalue weighted by molar-refractivity contribution is 6.31. The zero-order valence-electron chi connectivity index (χ0n) is 8.44. The van der Waals surface area contributed by atoms with E-state index in [1.54, 1.807) is 6.92 Å². The molecule has 0 bridgehead atoms. The number of amides is 4. The first-order chi connectivity index (χ1) is 6.99. The molecule has 0 saturated heterocycles. The highest BCUT2D eigenvalue weighted by Gasteiger charge is 2.35. The molecule has 1 rings (SSSR count). The molecule has 6 heteroatoms. The minimum atomic E-state index is -0.941. The zero-order chi connectivity index (χ0) is 11.6. The molecule has 15 heavy (non-hydrogen) atoms. The summed E-state index contributed by atoms with van der Waals surface area (Å²) in [6.45, 7) is 6.46. The Morgan fingerprint density at radius 2 is 2.13 bits per heavy atom. The Kier molecular flexibility index (Phi) is 2.99. The Morgan fingerprint density at radius 1 is 1.53 bits per heavy atom. The topological polar surface area (TPSA) is 76.0 Å². The van der Waals surface area contributed by atoms with Crippen LogP contribution >= 0.6 is 0 Å². The Bertz CT molecular complexity index is 384. The van der Waals surface area contributed by atoms with Gasteiger partial charge in [-0.15, -0.1) is 0 Å². The van der Waals surface area contributed by atoms with E-state index in [-0.39, 0.29) is 18.1 Å². The van der Waals surface area contributed by atoms with Gasteiger partial charge in [0.1, 0.15) is 0 Å². The first-order valence-corrected chi connectivity index (χ1v) is 4.28. The second kappa shape index (κ2) is 4.04. The van der Waals surface area contributed by atoms with Gasteiger partial charge in [0, 0.05) is 6.92 Å². The average Bonchev–Trinajstić information content (AvgIpc) is 2.13. The molecule has 0 aromatic carbocycles. The Balaban J connectivity index is 3.08. The summed E-state index contributed by atoms with van der Waals surface area (Å²) in [4.78, 5) is 37.6. The van der Waals surface area contributed by atoms with Crippen LogP contribution in [-0.4, -0.2) is 35.3 Å². The molecular weight excluding hydrogens is 200 g/mol. The van der Waals surface area contributed by atoms with Crippen molar-refractivity contribution in [2.24, 2.45) is 4.99 Å². The van der Waals surface area contributed by atoms with Crippen molar-refractivity contribution in [3.8, 4) is 0 Å². The third kappa shape index (κ3) is 1.93. The molecule has 1 heterocycles. The molecule has 0 fully saturated rings. The van der Waals surface area contributed by atoms with Gasteiger partial charge in [-0.1, -0.05) is 6.58 Å². The van der Waals surface area contributed by atoms with E-state index in [0.29, 0.717) is 4.90 Å². The minimum Gasteiger partial charge on any atom is -0.477 e. The van der Waals surface area contributed by atoms with Crippen LogP contribution in [0.1, 0.15) is 13.8 Å². The van der Waals surface area contributed by atoms with Gasteiger partial charge in [-0.3, -0.25) is 9.59 Å². The van der Waals surface area contributed by atoms with Crippen molar-refractivity contribution in [1.29, 1.82) is 0 Å². The van der Waals surface area contributed by atoms with E-state index < -0.39 is 17.8 Å². The number of carbonyl (C=O) groups excluding carboxylic acids is 3. The molecular formula is C9H10N2O4. The molecule has 0 aromatic heterocycles. The number of hydrogen-bond donors (Lipinski definition) is 0. The molecule has 0 aromatic rings. The monoisotopic (exact) mass is 210 g/mol. The molecule has 0 N–H and O–H groups in total. The van der Waals surface area contributed by atoms with Crippen molar-refractivity contribution in [1.82, 2.24) is 4.90 Å². The molecule has 1 aliphatic heterocycles. The van der Waals surface area contributed by atoms with Crippen LogP contribution < -0.4 is 0 Å². The second-order valence-corrected chi connectivity index (χ2v) is 2.77. The van der Waals surface area contributed by atoms with Crippen molar-refractivity contribution in [3.63, 3.8) is 0 Å². The van der Waals surface area contributed by atoms with Crippen molar-refractivity contribution in [2.45, 2.75) is 13.8 Å². The van der Waals surface area contributed by atoms with Crippen molar-refractivity contribution in [3.05, 3.63) is 12.2 Å². The van der Waals surface area contributed by atoms with E-state index in [4.69, 9.17) is 4.74 Å². The second-order valence-electron chi connectivity index (χ2n) is 2.77. The minimum absolute atomic E-state index is 0.0911. The average molecular weight is 210 g/mol. The third-order valence-electron chi connectivity index (χ3n) is 1.70. The quantitative estimate of drug-likeness (QED) is 0.590. The fourth-order valence-corrected chi connectivity index (χ4v) is 1.05. The molecule has 0 spiro atoms. The Hall–Kier alpha value is -1.98. The SMILES string of the molecule is C=C1C(=O)N(C(C)=O)C(=O)N=C1OCC. The van der Waals surface area contributed by atoms with Gasteiger partial charge in [-0.25, -0.2) is 4.79 Å². The summed E-state index contributed by atoms with van der Waals surface area (Å²) in [5.41, 5.74) is -0.0911. The highest BCUT2D eigenvalue weighted by atomic mass is 16.5. The fraction of sp³-hybridized carbons (Fsp3) is 0.333. The lowest BCUT2D eigenvalue weighted by atomic mass is 10.2. The maximum atomic E-state index is 11.5. The van der Waals surface area contributed by atoms with Crippen LogP contribution in [0.25, 0.3) is 0 Å². The van der Waals surface area contributed by atoms with E-state index in [9.17, 15) is 14.4 Å². The summed E-state index contributed by atoms with van der Waals surface area (Å²) >= 11 is 0. The number of urea groups is 1. The first-order valence-electron chi connectivity index (χ1n) is 4.28. The Labute approximate surface area is 86.2 Å². The first kappa shape index (κ1) is 11.1. The lowest BCUT2D eigenvalue weighted by molar-refractivity contribution is -0.137. The van der Waals surface area contributed by atoms with Crippen LogP contribution in [0.3, 0.4) is 0 Å². The summed E-state index contributed by atoms with van der Waals surface area (Å²) < 4.78 is 4.93. The number of aliphatic imine (C=N–C) groups is 1. The van der Waals surface area contributed by atoms with Gasteiger partial charge >= 0.3 is 6.03 Å². The summed E-state index contributed by atoms with van der Waals surface area (Å²) in [7, 11) is 0. The van der Waals surface area contributed by atoms with E-state index in [1.807, 2.05) is 0 Å². The third-order valence-corrected chi connectivity index (χ3v) is 1.70. The number of imide groups is 3. The van der Waals surface area contributed by atoms with Gasteiger partial charge in [-0.05, 0) is 6.92 Å². The van der Waals surface area contributed by atoms with Crippen LogP contribution in [0.2, 0.25) is 0 Å². The van der Waals surface area contributed by atoms with Gasteiger partial charge in [0.05, 0.1) is 12.2 Å². The number of carbonyl (C=O) groups is 3. The van der Waals surface area contributed by atoms with Gasteiger partial charge < -0.3 is 4.74 Å². The Morgan fingerprint density at radius 3 is 2.60 bits per heavy atom. The van der Waals surface area contributed by atoms with Crippen LogP contribution in [-0.2, 0) is 14.3 Å². The molecule has 0 atom stereocenters. The van der Waals surface area contributed by atoms with Crippen LogP contribution in [0.15, 0.2) is 17.1 Å². The zero-order valence-corrected chi connectivity index (χ0v) is 8.44. The summed E-state index contributed by atoms with van der Waals surface area (Å²) in [5.74, 6) is -1.60. The van der Waals surface area contributed by atoms with Crippen LogP contribution in [0.4, 0.5) is 4.79 Å². The summed E-state index contributed by atoms with van der Waals surface area (Å²) in [6.07, 6.45) is 0. The number of rotatable bonds is 1. The molecule has 6 nitrogen and oxygen atoms in total. The smallest absolute Gasteiger partial charge is 0.360 e. The molecule has 4 amide bonds. The van der Waals surface area contributed by atoms with Crippen LogP contribution in [0.5, 0.6) is 0 Å². The summed E-state index contributed by atoms with van der Waals surface area (Å²) in [6, 6.07) is -0.941. The maximum absolute atomic E-state index is 11.5. The van der Waals surface area contributed by atoms with E-state index in [0.717, 1.165) is 6.92 Å². The van der Waals surface area contributed by atoms with Crippen molar-refractivity contribution < 1.29 is 19.1 Å². The molecule has 0 saturated carbocycles. The van der Waals surface area contributed by atoms with E-state index in [1.165, 1.54) is 0 Å². The van der Waals surface area contributed by atoms with Gasteiger partial charge in [0.2, 0.25) is 11.8 Å². The molecule has 1 aliphatic rings. The van der Waals surface area contributed by atoms with E-state index in [2.05, 4.69) is 11.6 Å². The van der Waals surface area contributed by atoms with Crippen molar-refractivity contribution >= 4 is 23.7 Å². The fourth-order valence-electron chi connectivity index (χ4n) is 1.05. The standard InChI is InChI=1S/C9H10N2O4/c1-4-15-7-5(2)8(13)11(6(3)12)9(14)10-7/h2,4H2,1,3H3. The maximum Gasteiger partial charge on any atom is 0.360 e. The normalized spacial score (nSPS) is 16.5. The molecule has 0 radical (unpaired) electrons. The lowest BCUT2D eigenvalue weighted by Crippen LogP contribution is -2.45. The molecule has 80 valence electrons. The van der Waals surface area contributed by atoms with Gasteiger partial charge in [-0.2, -0.15) is 9.89 Å². The number of nitrogens with zero attached hydrogens (tertiary/aromatic N) is 2.